The maximum atomic E-state index is 10.5. The van der Waals surface area contributed by atoms with Crippen molar-refractivity contribution in [2.24, 2.45) is 11.8 Å². The normalized spacial score (nSPS) is 20.6. The van der Waals surface area contributed by atoms with Crippen molar-refractivity contribution < 1.29 is 14.6 Å². The van der Waals surface area contributed by atoms with Crippen LogP contribution in [-0.4, -0.2) is 24.3 Å². The van der Waals surface area contributed by atoms with Crippen molar-refractivity contribution in [2.75, 3.05) is 13.2 Å². The Kier molecular flexibility index (Phi) is 4.94. The highest BCUT2D eigenvalue weighted by molar-refractivity contribution is 5.69. The monoisotopic (exact) mass is 200 g/mol. The summed E-state index contributed by atoms with van der Waals surface area (Å²) < 4.78 is 5.42. The highest BCUT2D eigenvalue weighted by Crippen LogP contribution is 2.23. The highest BCUT2D eigenvalue weighted by atomic mass is 16.5. The number of ether oxygens (including phenoxy) is 1. The zero-order valence-corrected chi connectivity index (χ0v) is 8.87. The zero-order chi connectivity index (χ0) is 10.4. The Balaban J connectivity index is 2.05. The molecule has 82 valence electrons. The van der Waals surface area contributed by atoms with E-state index in [1.54, 1.807) is 6.92 Å². The molecule has 0 heterocycles. The molecule has 1 aliphatic carbocycles. The average Bonchev–Trinajstić information content (AvgIpc) is 2.19. The summed E-state index contributed by atoms with van der Waals surface area (Å²) in [6, 6.07) is 0. The van der Waals surface area contributed by atoms with Gasteiger partial charge in [-0.25, -0.2) is 0 Å². The molecule has 3 nitrogen and oxygen atoms in total. The Morgan fingerprint density at radius 2 is 2.07 bits per heavy atom. The first-order chi connectivity index (χ1) is 6.70. The molecule has 1 aliphatic rings. The first-order valence-electron chi connectivity index (χ1n) is 5.50. The molecule has 1 fully saturated rings. The second kappa shape index (κ2) is 6.02. The van der Waals surface area contributed by atoms with Crippen molar-refractivity contribution in [1.29, 1.82) is 0 Å². The minimum Gasteiger partial charge on any atom is -0.481 e. The van der Waals surface area contributed by atoms with Gasteiger partial charge in [-0.15, -0.1) is 0 Å². The van der Waals surface area contributed by atoms with Crippen LogP contribution in [0, 0.1) is 11.8 Å². The SMILES string of the molecule is CC(COCC1CCCCC1)C(=O)O. The van der Waals surface area contributed by atoms with Crippen LogP contribution in [0.4, 0.5) is 0 Å². The van der Waals surface area contributed by atoms with Crippen molar-refractivity contribution in [3.63, 3.8) is 0 Å². The van der Waals surface area contributed by atoms with Gasteiger partial charge in [-0.1, -0.05) is 19.3 Å². The minimum absolute atomic E-state index is 0.353. The van der Waals surface area contributed by atoms with Gasteiger partial charge in [-0.3, -0.25) is 4.79 Å². The molecule has 0 aromatic carbocycles. The minimum atomic E-state index is -0.770. The second-order valence-electron chi connectivity index (χ2n) is 4.28. The quantitative estimate of drug-likeness (QED) is 0.740. The average molecular weight is 200 g/mol. The van der Waals surface area contributed by atoms with E-state index in [1.165, 1.54) is 32.1 Å². The van der Waals surface area contributed by atoms with Crippen LogP contribution in [0.5, 0.6) is 0 Å². The van der Waals surface area contributed by atoms with E-state index in [2.05, 4.69) is 0 Å². The van der Waals surface area contributed by atoms with Crippen molar-refractivity contribution in [3.8, 4) is 0 Å². The van der Waals surface area contributed by atoms with Gasteiger partial charge >= 0.3 is 5.97 Å². The Morgan fingerprint density at radius 1 is 1.43 bits per heavy atom. The van der Waals surface area contributed by atoms with Crippen LogP contribution in [0.1, 0.15) is 39.0 Å². The molecule has 1 N–H and O–H groups in total. The third kappa shape index (κ3) is 4.09. The van der Waals surface area contributed by atoms with E-state index in [0.717, 1.165) is 6.61 Å². The number of hydrogen-bond acceptors (Lipinski definition) is 2. The standard InChI is InChI=1S/C11H20O3/c1-9(11(12)13)7-14-8-10-5-3-2-4-6-10/h9-10H,2-8H2,1H3,(H,12,13). The molecule has 0 bridgehead atoms. The lowest BCUT2D eigenvalue weighted by molar-refractivity contribution is -0.143. The fourth-order valence-electron chi connectivity index (χ4n) is 1.84. The van der Waals surface area contributed by atoms with Gasteiger partial charge < -0.3 is 9.84 Å². The lowest BCUT2D eigenvalue weighted by atomic mass is 9.90. The van der Waals surface area contributed by atoms with Crippen LogP contribution in [-0.2, 0) is 9.53 Å². The predicted octanol–water partition coefficient (Wildman–Crippen LogP) is 2.30. The first-order valence-corrected chi connectivity index (χ1v) is 5.50. The maximum Gasteiger partial charge on any atom is 0.308 e. The molecule has 0 aromatic heterocycles. The van der Waals surface area contributed by atoms with E-state index >= 15 is 0 Å². The van der Waals surface area contributed by atoms with E-state index in [9.17, 15) is 4.79 Å². The van der Waals surface area contributed by atoms with Gasteiger partial charge in [-0.05, 0) is 25.7 Å². The molecule has 1 rings (SSSR count). The molecule has 3 heteroatoms. The summed E-state index contributed by atoms with van der Waals surface area (Å²) in [4.78, 5) is 10.5. The van der Waals surface area contributed by atoms with Crippen LogP contribution in [0.25, 0.3) is 0 Å². The molecular weight excluding hydrogens is 180 g/mol. The van der Waals surface area contributed by atoms with E-state index in [-0.39, 0.29) is 5.92 Å². The Bertz CT molecular complexity index is 173. The van der Waals surface area contributed by atoms with Gasteiger partial charge in [0.15, 0.2) is 0 Å². The molecular formula is C11H20O3. The summed E-state index contributed by atoms with van der Waals surface area (Å²) in [6.45, 7) is 2.78. The molecule has 14 heavy (non-hydrogen) atoms. The highest BCUT2D eigenvalue weighted by Gasteiger charge is 2.15. The Morgan fingerprint density at radius 3 is 2.64 bits per heavy atom. The number of carbonyl (C=O) groups is 1. The van der Waals surface area contributed by atoms with Crippen LogP contribution >= 0.6 is 0 Å². The van der Waals surface area contributed by atoms with Crippen molar-refractivity contribution >= 4 is 5.97 Å². The second-order valence-corrected chi connectivity index (χ2v) is 4.28. The van der Waals surface area contributed by atoms with Gasteiger partial charge in [0, 0.05) is 6.61 Å². The molecule has 1 saturated carbocycles. The van der Waals surface area contributed by atoms with Crippen molar-refractivity contribution in [1.82, 2.24) is 0 Å². The topological polar surface area (TPSA) is 46.5 Å². The smallest absolute Gasteiger partial charge is 0.308 e. The molecule has 0 radical (unpaired) electrons. The predicted molar refractivity (Wildman–Crippen MR) is 54.2 cm³/mol. The lowest BCUT2D eigenvalue weighted by Gasteiger charge is -2.21. The molecule has 0 saturated heterocycles. The molecule has 0 spiro atoms. The van der Waals surface area contributed by atoms with Gasteiger partial charge in [0.1, 0.15) is 0 Å². The largest absolute Gasteiger partial charge is 0.481 e. The van der Waals surface area contributed by atoms with Gasteiger partial charge in [0.25, 0.3) is 0 Å². The van der Waals surface area contributed by atoms with E-state index in [4.69, 9.17) is 9.84 Å². The van der Waals surface area contributed by atoms with Gasteiger partial charge in [-0.2, -0.15) is 0 Å². The number of hydrogen-bond donors (Lipinski definition) is 1. The summed E-state index contributed by atoms with van der Waals surface area (Å²) in [7, 11) is 0. The third-order valence-electron chi connectivity index (χ3n) is 2.87. The first kappa shape index (κ1) is 11.5. The fourth-order valence-corrected chi connectivity index (χ4v) is 1.84. The zero-order valence-electron chi connectivity index (χ0n) is 8.87. The molecule has 1 unspecified atom stereocenters. The van der Waals surface area contributed by atoms with Crippen LogP contribution in [0.3, 0.4) is 0 Å². The number of carboxylic acid groups (broad SMARTS) is 1. The number of aliphatic carboxylic acids is 1. The fraction of sp³-hybridized carbons (Fsp3) is 0.909. The lowest BCUT2D eigenvalue weighted by Crippen LogP contribution is -2.20. The number of carboxylic acids is 1. The summed E-state index contributed by atoms with van der Waals surface area (Å²) in [5.41, 5.74) is 0. The van der Waals surface area contributed by atoms with Crippen LogP contribution in [0.15, 0.2) is 0 Å². The van der Waals surface area contributed by atoms with Gasteiger partial charge in [0.05, 0.1) is 12.5 Å². The van der Waals surface area contributed by atoms with Crippen molar-refractivity contribution in [2.45, 2.75) is 39.0 Å². The molecule has 1 atom stereocenters. The molecule has 0 aromatic rings. The van der Waals surface area contributed by atoms with Crippen molar-refractivity contribution in [3.05, 3.63) is 0 Å². The van der Waals surface area contributed by atoms with Crippen LogP contribution < -0.4 is 0 Å². The Hall–Kier alpha value is -0.570. The van der Waals surface area contributed by atoms with Crippen LogP contribution in [0.2, 0.25) is 0 Å². The number of rotatable bonds is 5. The third-order valence-corrected chi connectivity index (χ3v) is 2.87. The van der Waals surface area contributed by atoms with E-state index in [1.807, 2.05) is 0 Å². The summed E-state index contributed by atoms with van der Waals surface area (Å²) in [5, 5.41) is 8.64. The summed E-state index contributed by atoms with van der Waals surface area (Å²) in [6.07, 6.45) is 6.47. The van der Waals surface area contributed by atoms with Gasteiger partial charge in [0.2, 0.25) is 0 Å². The maximum absolute atomic E-state index is 10.5. The molecule has 0 aliphatic heterocycles. The Labute approximate surface area is 85.5 Å². The summed E-state index contributed by atoms with van der Waals surface area (Å²) in [5.74, 6) is -0.475. The molecule has 0 amide bonds. The summed E-state index contributed by atoms with van der Waals surface area (Å²) >= 11 is 0. The van der Waals surface area contributed by atoms with E-state index in [0.29, 0.717) is 12.5 Å². The van der Waals surface area contributed by atoms with E-state index < -0.39 is 5.97 Å².